The molecule has 2 aliphatic rings. The molecule has 29 heavy (non-hydrogen) atoms. The van der Waals surface area contributed by atoms with Gasteiger partial charge in [-0.15, -0.1) is 0 Å². The molecule has 2 aliphatic heterocycles. The Morgan fingerprint density at radius 2 is 2.00 bits per heavy atom. The van der Waals surface area contributed by atoms with Crippen molar-refractivity contribution < 1.29 is 13.2 Å². The molecular weight excluding hydrogens is 390 g/mol. The molecule has 0 saturated carbocycles. The maximum atomic E-state index is 13.1. The van der Waals surface area contributed by atoms with Crippen molar-refractivity contribution in [3.8, 4) is 0 Å². The second-order valence-electron chi connectivity index (χ2n) is 7.77. The summed E-state index contributed by atoms with van der Waals surface area (Å²) in [5.74, 6) is -0.189. The highest BCUT2D eigenvalue weighted by atomic mass is 32.2. The van der Waals surface area contributed by atoms with E-state index in [-0.39, 0.29) is 11.9 Å². The Labute approximate surface area is 171 Å². The lowest BCUT2D eigenvalue weighted by Gasteiger charge is -2.29. The van der Waals surface area contributed by atoms with E-state index in [1.165, 1.54) is 18.6 Å². The van der Waals surface area contributed by atoms with Gasteiger partial charge in [0.15, 0.2) is 0 Å². The van der Waals surface area contributed by atoms with E-state index in [2.05, 4.69) is 14.9 Å². The standard InChI is InChI=1S/C20H25N5O3S/c1-23(2)17-6-10-25(14-17)29(27,28)18-4-3-15-5-9-24(13-16(15)11-18)20(26)19-12-21-7-8-22-19/h3-4,7-8,11-12,17H,5-6,9-10,13-14H2,1-2H3/t17-/m0/s1. The number of carbonyl (C=O) groups excluding carboxylic acids is 1. The number of likely N-dealkylation sites (N-methyl/N-ethyl adjacent to an activating group) is 1. The molecule has 0 N–H and O–H groups in total. The quantitative estimate of drug-likeness (QED) is 0.741. The molecule has 4 rings (SSSR count). The molecule has 1 saturated heterocycles. The van der Waals surface area contributed by atoms with E-state index < -0.39 is 10.0 Å². The lowest BCUT2D eigenvalue weighted by atomic mass is 10.00. The predicted molar refractivity (Wildman–Crippen MR) is 108 cm³/mol. The molecule has 0 bridgehead atoms. The first-order chi connectivity index (χ1) is 13.9. The summed E-state index contributed by atoms with van der Waals surface area (Å²) in [5.41, 5.74) is 2.25. The van der Waals surface area contributed by atoms with E-state index in [9.17, 15) is 13.2 Å². The molecule has 2 aromatic rings. The van der Waals surface area contributed by atoms with Crippen LogP contribution in [0.3, 0.4) is 0 Å². The fraction of sp³-hybridized carbons (Fsp3) is 0.450. The minimum Gasteiger partial charge on any atom is -0.333 e. The van der Waals surface area contributed by atoms with Gasteiger partial charge in [0.2, 0.25) is 10.0 Å². The first-order valence-electron chi connectivity index (χ1n) is 9.70. The molecule has 1 amide bonds. The molecule has 8 nitrogen and oxygen atoms in total. The Morgan fingerprint density at radius 3 is 2.69 bits per heavy atom. The Balaban J connectivity index is 1.55. The van der Waals surface area contributed by atoms with Crippen LogP contribution in [0, 0.1) is 0 Å². The molecule has 1 atom stereocenters. The largest absolute Gasteiger partial charge is 0.333 e. The number of aromatic nitrogens is 2. The van der Waals surface area contributed by atoms with Crippen molar-refractivity contribution in [3.05, 3.63) is 53.6 Å². The highest BCUT2D eigenvalue weighted by molar-refractivity contribution is 7.89. The molecule has 0 radical (unpaired) electrons. The van der Waals surface area contributed by atoms with Gasteiger partial charge in [0.1, 0.15) is 5.69 Å². The zero-order valence-electron chi connectivity index (χ0n) is 16.7. The summed E-state index contributed by atoms with van der Waals surface area (Å²) in [6.07, 6.45) is 5.99. The second kappa shape index (κ2) is 7.81. The van der Waals surface area contributed by atoms with Crippen molar-refractivity contribution in [2.45, 2.75) is 30.3 Å². The number of sulfonamides is 1. The summed E-state index contributed by atoms with van der Waals surface area (Å²) >= 11 is 0. The van der Waals surface area contributed by atoms with Crippen LogP contribution in [0.1, 0.15) is 28.0 Å². The smallest absolute Gasteiger partial charge is 0.274 e. The fourth-order valence-corrected chi connectivity index (χ4v) is 5.48. The summed E-state index contributed by atoms with van der Waals surface area (Å²) in [6, 6.07) is 5.54. The predicted octanol–water partition coefficient (Wildman–Crippen LogP) is 1.000. The van der Waals surface area contributed by atoms with E-state index in [4.69, 9.17) is 0 Å². The number of nitrogens with zero attached hydrogens (tertiary/aromatic N) is 5. The van der Waals surface area contributed by atoms with Crippen LogP contribution in [-0.2, 0) is 23.0 Å². The number of carbonyl (C=O) groups is 1. The van der Waals surface area contributed by atoms with Crippen LogP contribution in [0.2, 0.25) is 0 Å². The van der Waals surface area contributed by atoms with E-state index in [0.717, 1.165) is 17.5 Å². The molecule has 0 aliphatic carbocycles. The number of benzene rings is 1. The fourth-order valence-electron chi connectivity index (χ4n) is 3.94. The lowest BCUT2D eigenvalue weighted by molar-refractivity contribution is 0.0728. The van der Waals surface area contributed by atoms with Crippen LogP contribution in [0.5, 0.6) is 0 Å². The Bertz CT molecular complexity index is 1010. The zero-order chi connectivity index (χ0) is 20.6. The van der Waals surface area contributed by atoms with E-state index >= 15 is 0 Å². The molecule has 0 unspecified atom stereocenters. The number of hydrogen-bond acceptors (Lipinski definition) is 6. The van der Waals surface area contributed by atoms with E-state index in [1.54, 1.807) is 21.3 Å². The molecule has 0 spiro atoms. The average Bonchev–Trinajstić information content (AvgIpc) is 3.24. The van der Waals surface area contributed by atoms with E-state index in [1.807, 2.05) is 20.2 Å². The summed E-state index contributed by atoms with van der Waals surface area (Å²) in [7, 11) is 0.402. The van der Waals surface area contributed by atoms with Crippen molar-refractivity contribution >= 4 is 15.9 Å². The van der Waals surface area contributed by atoms with E-state index in [0.29, 0.717) is 43.2 Å². The molecule has 3 heterocycles. The van der Waals surface area contributed by atoms with Gasteiger partial charge in [0, 0.05) is 44.6 Å². The third-order valence-corrected chi connectivity index (χ3v) is 7.61. The number of fused-ring (bicyclic) bond motifs is 1. The molecule has 9 heteroatoms. The number of hydrogen-bond donors (Lipinski definition) is 0. The van der Waals surface area contributed by atoms with Crippen molar-refractivity contribution in [2.75, 3.05) is 33.7 Å². The number of amides is 1. The van der Waals surface area contributed by atoms with Gasteiger partial charge in [-0.3, -0.25) is 9.78 Å². The van der Waals surface area contributed by atoms with Crippen LogP contribution >= 0.6 is 0 Å². The van der Waals surface area contributed by atoms with Gasteiger partial charge < -0.3 is 9.80 Å². The third-order valence-electron chi connectivity index (χ3n) is 5.75. The normalized spacial score (nSPS) is 20.1. The second-order valence-corrected chi connectivity index (χ2v) is 9.70. The molecule has 1 aromatic heterocycles. The van der Waals surface area contributed by atoms with Crippen LogP contribution in [0.4, 0.5) is 0 Å². The molecule has 154 valence electrons. The Morgan fingerprint density at radius 1 is 1.17 bits per heavy atom. The van der Waals surface area contributed by atoms with Gasteiger partial charge >= 0.3 is 0 Å². The van der Waals surface area contributed by atoms with Crippen LogP contribution in [0.25, 0.3) is 0 Å². The van der Waals surface area contributed by atoms with Crippen LogP contribution in [-0.4, -0.2) is 78.2 Å². The van der Waals surface area contributed by atoms with Crippen molar-refractivity contribution in [3.63, 3.8) is 0 Å². The maximum absolute atomic E-state index is 13.1. The van der Waals surface area contributed by atoms with Gasteiger partial charge in [-0.05, 0) is 50.2 Å². The van der Waals surface area contributed by atoms with Crippen LogP contribution in [0.15, 0.2) is 41.7 Å². The number of rotatable bonds is 4. The molecular formula is C20H25N5O3S. The highest BCUT2D eigenvalue weighted by Gasteiger charge is 2.34. The summed E-state index contributed by atoms with van der Waals surface area (Å²) in [5, 5.41) is 0. The van der Waals surface area contributed by atoms with Crippen molar-refractivity contribution in [2.24, 2.45) is 0 Å². The minimum absolute atomic E-state index is 0.189. The van der Waals surface area contributed by atoms with Gasteiger partial charge in [-0.25, -0.2) is 13.4 Å². The van der Waals surface area contributed by atoms with Gasteiger partial charge in [0.25, 0.3) is 5.91 Å². The first kappa shape index (κ1) is 19.9. The topological polar surface area (TPSA) is 86.7 Å². The molecule has 1 aromatic carbocycles. The average molecular weight is 416 g/mol. The minimum atomic E-state index is -3.55. The van der Waals surface area contributed by atoms with Gasteiger partial charge in [0.05, 0.1) is 11.1 Å². The summed E-state index contributed by atoms with van der Waals surface area (Å²) in [4.78, 5) is 24.8. The Hall–Kier alpha value is -2.36. The van der Waals surface area contributed by atoms with Crippen LogP contribution < -0.4 is 0 Å². The van der Waals surface area contributed by atoms with Crippen molar-refractivity contribution in [1.29, 1.82) is 0 Å². The maximum Gasteiger partial charge on any atom is 0.274 e. The van der Waals surface area contributed by atoms with Gasteiger partial charge in [-0.2, -0.15) is 4.31 Å². The zero-order valence-corrected chi connectivity index (χ0v) is 17.5. The first-order valence-corrected chi connectivity index (χ1v) is 11.1. The van der Waals surface area contributed by atoms with Crippen molar-refractivity contribution in [1.82, 2.24) is 24.1 Å². The lowest BCUT2D eigenvalue weighted by Crippen LogP contribution is -2.37. The highest BCUT2D eigenvalue weighted by Crippen LogP contribution is 2.27. The van der Waals surface area contributed by atoms with Gasteiger partial charge in [-0.1, -0.05) is 6.07 Å². The third kappa shape index (κ3) is 3.90. The SMILES string of the molecule is CN(C)[C@H]1CCN(S(=O)(=O)c2ccc3c(c2)CN(C(=O)c2cnccn2)CC3)C1. The molecule has 1 fully saturated rings. The Kier molecular flexibility index (Phi) is 5.37. The summed E-state index contributed by atoms with van der Waals surface area (Å²) < 4.78 is 27.8. The monoisotopic (exact) mass is 415 g/mol. The summed E-state index contributed by atoms with van der Waals surface area (Å²) in [6.45, 7) is 1.98.